The van der Waals surface area contributed by atoms with Crippen molar-refractivity contribution >= 4 is 5.97 Å². The van der Waals surface area contributed by atoms with Crippen LogP contribution in [0.3, 0.4) is 0 Å². The zero-order valence-electron chi connectivity index (χ0n) is 12.5. The van der Waals surface area contributed by atoms with Gasteiger partial charge in [-0.3, -0.25) is 9.69 Å². The highest BCUT2D eigenvalue weighted by Crippen LogP contribution is 2.19. The predicted molar refractivity (Wildman–Crippen MR) is 73.5 cm³/mol. The molecule has 1 aliphatic heterocycles. The van der Waals surface area contributed by atoms with Crippen LogP contribution in [0, 0.1) is 5.92 Å². The number of nitrogens with zero attached hydrogens (tertiary/aromatic N) is 2. The summed E-state index contributed by atoms with van der Waals surface area (Å²) in [7, 11) is 3.57. The number of carbonyl (C=O) groups is 1. The molecule has 0 spiro atoms. The van der Waals surface area contributed by atoms with Gasteiger partial charge in [0.2, 0.25) is 0 Å². The van der Waals surface area contributed by atoms with Gasteiger partial charge >= 0.3 is 5.97 Å². The van der Waals surface area contributed by atoms with Crippen molar-refractivity contribution in [3.05, 3.63) is 0 Å². The first-order chi connectivity index (χ1) is 8.51. The third-order valence-electron chi connectivity index (χ3n) is 4.40. The quantitative estimate of drug-likeness (QED) is 0.676. The van der Waals surface area contributed by atoms with E-state index in [0.29, 0.717) is 6.04 Å². The van der Waals surface area contributed by atoms with E-state index >= 15 is 0 Å². The standard InChI is InChI=1S/C14H28N2O2/c1-6-16-9-7-8-13(16)10-15(4)12(3)11(2)14(17)18-5/h11-13H,6-10H2,1-5H3. The molecular weight excluding hydrogens is 228 g/mol. The van der Waals surface area contributed by atoms with Gasteiger partial charge in [0.15, 0.2) is 0 Å². The molecule has 1 saturated heterocycles. The molecule has 18 heavy (non-hydrogen) atoms. The molecule has 0 aromatic heterocycles. The Labute approximate surface area is 111 Å². The molecule has 0 amide bonds. The topological polar surface area (TPSA) is 32.8 Å². The Morgan fingerprint density at radius 3 is 2.72 bits per heavy atom. The predicted octanol–water partition coefficient (Wildman–Crippen LogP) is 1.60. The van der Waals surface area contributed by atoms with Gasteiger partial charge in [-0.05, 0) is 39.9 Å². The van der Waals surface area contributed by atoms with Crippen LogP contribution in [0.25, 0.3) is 0 Å². The van der Waals surface area contributed by atoms with E-state index in [0.717, 1.165) is 13.1 Å². The summed E-state index contributed by atoms with van der Waals surface area (Å²) in [6, 6.07) is 0.865. The Morgan fingerprint density at radius 2 is 2.17 bits per heavy atom. The molecule has 1 heterocycles. The van der Waals surface area contributed by atoms with Crippen molar-refractivity contribution in [1.82, 2.24) is 9.80 Å². The summed E-state index contributed by atoms with van der Waals surface area (Å²) in [5.74, 6) is -0.190. The third-order valence-corrected chi connectivity index (χ3v) is 4.40. The van der Waals surface area contributed by atoms with Crippen LogP contribution in [0.4, 0.5) is 0 Å². The lowest BCUT2D eigenvalue weighted by molar-refractivity contribution is -0.146. The van der Waals surface area contributed by atoms with Crippen molar-refractivity contribution in [2.45, 2.75) is 45.7 Å². The molecule has 0 radical (unpaired) electrons. The Balaban J connectivity index is 2.48. The molecule has 0 N–H and O–H groups in total. The first kappa shape index (κ1) is 15.4. The largest absolute Gasteiger partial charge is 0.469 e. The van der Waals surface area contributed by atoms with Gasteiger partial charge in [0.1, 0.15) is 0 Å². The van der Waals surface area contributed by atoms with Crippen LogP contribution in [0.5, 0.6) is 0 Å². The summed E-state index contributed by atoms with van der Waals surface area (Å²) in [6.07, 6.45) is 2.57. The summed E-state index contributed by atoms with van der Waals surface area (Å²) in [5, 5.41) is 0. The highest BCUT2D eigenvalue weighted by molar-refractivity contribution is 5.72. The highest BCUT2D eigenvalue weighted by Gasteiger charge is 2.29. The molecule has 3 unspecified atom stereocenters. The van der Waals surface area contributed by atoms with Crippen LogP contribution in [-0.4, -0.2) is 61.6 Å². The number of ether oxygens (including phenoxy) is 1. The Bertz CT molecular complexity index is 271. The van der Waals surface area contributed by atoms with Crippen LogP contribution in [0.1, 0.15) is 33.6 Å². The van der Waals surface area contributed by atoms with Gasteiger partial charge in [0, 0.05) is 18.6 Å². The maximum Gasteiger partial charge on any atom is 0.309 e. The van der Waals surface area contributed by atoms with Crippen molar-refractivity contribution in [1.29, 1.82) is 0 Å². The summed E-state index contributed by atoms with van der Waals surface area (Å²) < 4.78 is 4.82. The summed E-state index contributed by atoms with van der Waals surface area (Å²) in [5.41, 5.74) is 0. The number of hydrogen-bond acceptors (Lipinski definition) is 4. The fourth-order valence-electron chi connectivity index (χ4n) is 2.78. The van der Waals surface area contributed by atoms with Gasteiger partial charge in [0.25, 0.3) is 0 Å². The minimum absolute atomic E-state index is 0.0727. The lowest BCUT2D eigenvalue weighted by Gasteiger charge is -2.33. The first-order valence-corrected chi connectivity index (χ1v) is 7.03. The van der Waals surface area contributed by atoms with E-state index in [2.05, 4.69) is 30.7 Å². The third kappa shape index (κ3) is 3.69. The van der Waals surface area contributed by atoms with Crippen LogP contribution >= 0.6 is 0 Å². The number of rotatable bonds is 6. The van der Waals surface area contributed by atoms with Crippen molar-refractivity contribution in [3.63, 3.8) is 0 Å². The average molecular weight is 256 g/mol. The number of likely N-dealkylation sites (N-methyl/N-ethyl adjacent to an activating group) is 2. The first-order valence-electron chi connectivity index (χ1n) is 7.03. The number of esters is 1. The molecule has 0 saturated carbocycles. The van der Waals surface area contributed by atoms with E-state index in [1.165, 1.54) is 26.5 Å². The van der Waals surface area contributed by atoms with E-state index in [9.17, 15) is 4.79 Å². The molecule has 106 valence electrons. The zero-order chi connectivity index (χ0) is 13.7. The van der Waals surface area contributed by atoms with E-state index in [1.807, 2.05) is 6.92 Å². The number of hydrogen-bond donors (Lipinski definition) is 0. The fraction of sp³-hybridized carbons (Fsp3) is 0.929. The molecule has 4 nitrogen and oxygen atoms in total. The smallest absolute Gasteiger partial charge is 0.309 e. The van der Waals surface area contributed by atoms with Gasteiger partial charge in [0.05, 0.1) is 13.0 Å². The number of likely N-dealkylation sites (tertiary alicyclic amines) is 1. The van der Waals surface area contributed by atoms with Crippen LogP contribution in [0.2, 0.25) is 0 Å². The van der Waals surface area contributed by atoms with Crippen LogP contribution < -0.4 is 0 Å². The number of methoxy groups -OCH3 is 1. The lowest BCUT2D eigenvalue weighted by atomic mass is 10.0. The van der Waals surface area contributed by atoms with Gasteiger partial charge < -0.3 is 9.64 Å². The van der Waals surface area contributed by atoms with Gasteiger partial charge in [-0.25, -0.2) is 0 Å². The van der Waals surface area contributed by atoms with Crippen molar-refractivity contribution in [2.24, 2.45) is 5.92 Å². The van der Waals surface area contributed by atoms with Crippen molar-refractivity contribution < 1.29 is 9.53 Å². The van der Waals surface area contributed by atoms with E-state index in [-0.39, 0.29) is 17.9 Å². The van der Waals surface area contributed by atoms with Crippen LogP contribution in [-0.2, 0) is 9.53 Å². The Hall–Kier alpha value is -0.610. The second-order valence-electron chi connectivity index (χ2n) is 5.42. The van der Waals surface area contributed by atoms with Crippen molar-refractivity contribution in [3.8, 4) is 0 Å². The lowest BCUT2D eigenvalue weighted by Crippen LogP contribution is -2.45. The summed E-state index contributed by atoms with van der Waals surface area (Å²) >= 11 is 0. The minimum Gasteiger partial charge on any atom is -0.469 e. The average Bonchev–Trinajstić information content (AvgIpc) is 2.82. The van der Waals surface area contributed by atoms with E-state index in [4.69, 9.17) is 4.74 Å². The molecule has 1 fully saturated rings. The Morgan fingerprint density at radius 1 is 1.50 bits per heavy atom. The maximum atomic E-state index is 11.6. The van der Waals surface area contributed by atoms with E-state index < -0.39 is 0 Å². The summed E-state index contributed by atoms with van der Waals surface area (Å²) in [4.78, 5) is 16.4. The molecule has 0 aromatic rings. The normalized spacial score (nSPS) is 24.2. The molecule has 1 aliphatic rings. The minimum atomic E-state index is -0.117. The molecule has 0 aromatic carbocycles. The zero-order valence-corrected chi connectivity index (χ0v) is 12.5. The molecule has 0 bridgehead atoms. The van der Waals surface area contributed by atoms with Gasteiger partial charge in [-0.2, -0.15) is 0 Å². The molecule has 1 rings (SSSR count). The molecule has 3 atom stereocenters. The SMILES string of the molecule is CCN1CCCC1CN(C)C(C)C(C)C(=O)OC. The highest BCUT2D eigenvalue weighted by atomic mass is 16.5. The van der Waals surface area contributed by atoms with Gasteiger partial charge in [-0.15, -0.1) is 0 Å². The fourth-order valence-corrected chi connectivity index (χ4v) is 2.78. The second-order valence-corrected chi connectivity index (χ2v) is 5.42. The maximum absolute atomic E-state index is 11.6. The Kier molecular flexibility index (Phi) is 6.09. The molecule has 4 heteroatoms. The van der Waals surface area contributed by atoms with Crippen molar-refractivity contribution in [2.75, 3.05) is 33.8 Å². The molecule has 0 aliphatic carbocycles. The monoisotopic (exact) mass is 256 g/mol. The second kappa shape index (κ2) is 7.10. The van der Waals surface area contributed by atoms with Crippen LogP contribution in [0.15, 0.2) is 0 Å². The number of carbonyl (C=O) groups excluding carboxylic acids is 1. The summed E-state index contributed by atoms with van der Waals surface area (Å²) in [6.45, 7) is 9.65. The van der Waals surface area contributed by atoms with E-state index in [1.54, 1.807) is 0 Å². The molecular formula is C14H28N2O2. The van der Waals surface area contributed by atoms with Gasteiger partial charge in [-0.1, -0.05) is 13.8 Å².